The number of benzene rings is 3. The van der Waals surface area contributed by atoms with Gasteiger partial charge in [0.15, 0.2) is 0 Å². The third kappa shape index (κ3) is 8.34. The van der Waals surface area contributed by atoms with Crippen LogP contribution < -0.4 is 9.47 Å². The van der Waals surface area contributed by atoms with Gasteiger partial charge >= 0.3 is 0 Å². The second kappa shape index (κ2) is 14.0. The predicted octanol–water partition coefficient (Wildman–Crippen LogP) is 8.96. The maximum Gasteiger partial charge on any atom is 0.127 e. The van der Waals surface area contributed by atoms with Crippen LogP contribution in [0.1, 0.15) is 61.8 Å². The first-order chi connectivity index (χ1) is 16.6. The maximum absolute atomic E-state index is 6.21. The van der Waals surface area contributed by atoms with Crippen LogP contribution in [-0.4, -0.2) is 13.2 Å². The van der Waals surface area contributed by atoms with E-state index < -0.39 is 0 Å². The van der Waals surface area contributed by atoms with Crippen molar-refractivity contribution in [3.8, 4) is 11.5 Å². The predicted molar refractivity (Wildman–Crippen MR) is 152 cm³/mol. The molecule has 0 fully saturated rings. The Morgan fingerprint density at radius 1 is 0.588 bits per heavy atom. The zero-order valence-electron chi connectivity index (χ0n) is 20.0. The topological polar surface area (TPSA) is 18.5 Å². The summed E-state index contributed by atoms with van der Waals surface area (Å²) in [4.78, 5) is 1.90. The van der Waals surface area contributed by atoms with Crippen molar-refractivity contribution < 1.29 is 9.47 Å². The second-order valence-electron chi connectivity index (χ2n) is 8.18. The highest BCUT2D eigenvalue weighted by Crippen LogP contribution is 2.33. The summed E-state index contributed by atoms with van der Waals surface area (Å²) in [6, 6.07) is 20.4. The fourth-order valence-electron chi connectivity index (χ4n) is 3.30. The van der Waals surface area contributed by atoms with Crippen LogP contribution in [0.5, 0.6) is 11.5 Å². The lowest BCUT2D eigenvalue weighted by atomic mass is 10.1. The van der Waals surface area contributed by atoms with Crippen molar-refractivity contribution in [1.82, 2.24) is 0 Å². The van der Waals surface area contributed by atoms with E-state index in [1.807, 2.05) is 24.3 Å². The Morgan fingerprint density at radius 3 is 1.32 bits per heavy atom. The van der Waals surface area contributed by atoms with E-state index in [1.54, 1.807) is 0 Å². The first-order valence-electron chi connectivity index (χ1n) is 12.0. The van der Waals surface area contributed by atoms with Crippen LogP contribution in [0, 0.1) is 0 Å². The standard InChI is InChI=1S/C30H34O2S2/c1-3-5-19-31-29-21-26(14-8-24-11-17-28(34)18-12-24)30(32-20-6-4-2)22-25(29)13-7-23-9-15-27(33)16-10-23/h7-18,21-22,33-34H,3-6,19-20H2,1-2H3/b13-7+,14-8+. The zero-order chi connectivity index (χ0) is 24.2. The Morgan fingerprint density at radius 2 is 0.971 bits per heavy atom. The Hall–Kier alpha value is -2.56. The third-order valence-electron chi connectivity index (χ3n) is 5.35. The van der Waals surface area contributed by atoms with Crippen molar-refractivity contribution in [2.75, 3.05) is 13.2 Å². The average Bonchev–Trinajstić information content (AvgIpc) is 2.85. The van der Waals surface area contributed by atoms with E-state index in [1.165, 1.54) is 0 Å². The molecule has 0 aromatic heterocycles. The lowest BCUT2D eigenvalue weighted by molar-refractivity contribution is 0.300. The molecular weight excluding hydrogens is 456 g/mol. The molecule has 0 heterocycles. The number of hydrogen-bond acceptors (Lipinski definition) is 4. The number of thiol groups is 2. The summed E-state index contributed by atoms with van der Waals surface area (Å²) in [5.74, 6) is 1.73. The molecule has 0 saturated carbocycles. The molecule has 0 radical (unpaired) electrons. The molecule has 0 atom stereocenters. The molecule has 4 heteroatoms. The summed E-state index contributed by atoms with van der Waals surface area (Å²) in [7, 11) is 0. The first kappa shape index (κ1) is 26.1. The highest BCUT2D eigenvalue weighted by atomic mass is 32.1. The van der Waals surface area contributed by atoms with E-state index in [0.717, 1.165) is 69.2 Å². The number of hydrogen-bond donors (Lipinski definition) is 2. The number of ether oxygens (including phenoxy) is 2. The van der Waals surface area contributed by atoms with Crippen LogP contribution in [-0.2, 0) is 0 Å². The lowest BCUT2D eigenvalue weighted by Crippen LogP contribution is -2.02. The molecule has 0 saturated heterocycles. The van der Waals surface area contributed by atoms with Gasteiger partial charge in [0, 0.05) is 20.9 Å². The highest BCUT2D eigenvalue weighted by molar-refractivity contribution is 7.80. The van der Waals surface area contributed by atoms with Gasteiger partial charge in [-0.2, -0.15) is 0 Å². The molecule has 0 unspecified atom stereocenters. The smallest absolute Gasteiger partial charge is 0.127 e. The SMILES string of the molecule is CCCCOc1cc(/C=C/c2ccc(S)cc2)c(OCCCC)cc1/C=C/c1ccc(S)cc1. The van der Waals surface area contributed by atoms with Gasteiger partial charge in [-0.15, -0.1) is 25.3 Å². The van der Waals surface area contributed by atoms with Gasteiger partial charge < -0.3 is 9.47 Å². The quantitative estimate of drug-likeness (QED) is 0.150. The van der Waals surface area contributed by atoms with Crippen molar-refractivity contribution >= 4 is 49.6 Å². The minimum absolute atomic E-state index is 0.689. The summed E-state index contributed by atoms with van der Waals surface area (Å²) in [5.41, 5.74) is 4.24. The molecule has 3 aromatic carbocycles. The van der Waals surface area contributed by atoms with Crippen molar-refractivity contribution in [2.45, 2.75) is 49.3 Å². The van der Waals surface area contributed by atoms with Gasteiger partial charge in [0.05, 0.1) is 13.2 Å². The van der Waals surface area contributed by atoms with E-state index >= 15 is 0 Å². The Bertz CT molecular complexity index is 995. The zero-order valence-corrected chi connectivity index (χ0v) is 21.8. The highest BCUT2D eigenvalue weighted by Gasteiger charge is 2.10. The van der Waals surface area contributed by atoms with Crippen LogP contribution in [0.3, 0.4) is 0 Å². The molecule has 0 spiro atoms. The van der Waals surface area contributed by atoms with Crippen LogP contribution in [0.4, 0.5) is 0 Å². The summed E-state index contributed by atoms with van der Waals surface area (Å²) >= 11 is 8.76. The fraction of sp³-hybridized carbons (Fsp3) is 0.267. The van der Waals surface area contributed by atoms with Crippen molar-refractivity contribution in [2.24, 2.45) is 0 Å². The molecule has 0 aliphatic heterocycles. The van der Waals surface area contributed by atoms with Gasteiger partial charge in [0.25, 0.3) is 0 Å². The van der Waals surface area contributed by atoms with Gasteiger partial charge in [-0.25, -0.2) is 0 Å². The first-order valence-corrected chi connectivity index (χ1v) is 12.9. The number of unbranched alkanes of at least 4 members (excludes halogenated alkanes) is 2. The van der Waals surface area contributed by atoms with E-state index in [4.69, 9.17) is 9.47 Å². The number of rotatable bonds is 12. The van der Waals surface area contributed by atoms with Crippen LogP contribution in [0.2, 0.25) is 0 Å². The van der Waals surface area contributed by atoms with E-state index in [9.17, 15) is 0 Å². The molecule has 178 valence electrons. The van der Waals surface area contributed by atoms with Crippen LogP contribution >= 0.6 is 25.3 Å². The van der Waals surface area contributed by atoms with Gasteiger partial charge in [-0.1, -0.05) is 75.3 Å². The molecule has 0 bridgehead atoms. The largest absolute Gasteiger partial charge is 0.493 e. The van der Waals surface area contributed by atoms with E-state index in [-0.39, 0.29) is 0 Å². The molecule has 3 rings (SSSR count). The van der Waals surface area contributed by atoms with E-state index in [0.29, 0.717) is 13.2 Å². The molecule has 34 heavy (non-hydrogen) atoms. The molecule has 0 amide bonds. The second-order valence-corrected chi connectivity index (χ2v) is 9.21. The molecular formula is C30H34O2S2. The van der Waals surface area contributed by atoms with Gasteiger partial charge in [-0.3, -0.25) is 0 Å². The summed E-state index contributed by atoms with van der Waals surface area (Å²) < 4.78 is 12.4. The minimum atomic E-state index is 0.689. The molecule has 2 nitrogen and oxygen atoms in total. The Labute approximate surface area is 215 Å². The normalized spacial score (nSPS) is 11.4. The van der Waals surface area contributed by atoms with E-state index in [2.05, 4.69) is 99.8 Å². The summed E-state index contributed by atoms with van der Waals surface area (Å²) in [6.45, 7) is 5.72. The average molecular weight is 491 g/mol. The molecule has 3 aromatic rings. The van der Waals surface area contributed by atoms with Crippen molar-refractivity contribution in [3.05, 3.63) is 82.9 Å². The maximum atomic E-state index is 6.21. The van der Waals surface area contributed by atoms with Gasteiger partial charge in [0.1, 0.15) is 11.5 Å². The monoisotopic (exact) mass is 490 g/mol. The fourth-order valence-corrected chi connectivity index (χ4v) is 3.60. The molecule has 0 aliphatic carbocycles. The van der Waals surface area contributed by atoms with Crippen LogP contribution in [0.25, 0.3) is 24.3 Å². The minimum Gasteiger partial charge on any atom is -0.493 e. The Balaban J connectivity index is 1.97. The molecule has 0 N–H and O–H groups in total. The molecule has 0 aliphatic rings. The Kier molecular flexibility index (Phi) is 10.7. The van der Waals surface area contributed by atoms with Crippen molar-refractivity contribution in [3.63, 3.8) is 0 Å². The third-order valence-corrected chi connectivity index (χ3v) is 5.95. The lowest BCUT2D eigenvalue weighted by Gasteiger charge is -2.15. The van der Waals surface area contributed by atoms with Crippen molar-refractivity contribution in [1.29, 1.82) is 0 Å². The van der Waals surface area contributed by atoms with Crippen LogP contribution in [0.15, 0.2) is 70.5 Å². The van der Waals surface area contributed by atoms with Gasteiger partial charge in [0.2, 0.25) is 0 Å². The van der Waals surface area contributed by atoms with Gasteiger partial charge in [-0.05, 0) is 60.4 Å². The summed E-state index contributed by atoms with van der Waals surface area (Å²) in [5, 5.41) is 0. The summed E-state index contributed by atoms with van der Waals surface area (Å²) in [6.07, 6.45) is 12.6.